The highest BCUT2D eigenvalue weighted by atomic mass is 19.4. The predicted octanol–water partition coefficient (Wildman–Crippen LogP) is 2.00. The third-order valence-corrected chi connectivity index (χ3v) is 0.878. The van der Waals surface area contributed by atoms with Gasteiger partial charge in [0.15, 0.2) is 0 Å². The number of hydrogen-bond acceptors (Lipinski definition) is 3. The number of carbonyl (C=O) groups is 1. The van der Waals surface area contributed by atoms with Crippen LogP contribution in [0.3, 0.4) is 0 Å². The van der Waals surface area contributed by atoms with E-state index in [2.05, 4.69) is 0 Å². The molecule has 0 spiro atoms. The maximum atomic E-state index is 11.9. The van der Waals surface area contributed by atoms with Crippen LogP contribution in [0.4, 0.5) is 30.7 Å². The minimum atomic E-state index is -6.16. The summed E-state index contributed by atoms with van der Waals surface area (Å²) >= 11 is 0. The van der Waals surface area contributed by atoms with Crippen LogP contribution in [0.25, 0.3) is 0 Å². The second-order valence-corrected chi connectivity index (χ2v) is 1.94. The zero-order valence-electron chi connectivity index (χ0n) is 6.62. The molecule has 0 aromatic carbocycles. The van der Waals surface area contributed by atoms with Gasteiger partial charge in [-0.15, -0.1) is 13.2 Å². The zero-order chi connectivity index (χ0) is 11.8. The van der Waals surface area contributed by atoms with Crippen molar-refractivity contribution in [3.05, 3.63) is 0 Å². The number of aliphatic carboxylic acids is 1. The Labute approximate surface area is 77.2 Å². The zero-order valence-corrected chi connectivity index (χ0v) is 6.62. The minimum Gasteiger partial charge on any atom is -0.477 e. The molecule has 15 heavy (non-hydrogen) atoms. The molecule has 0 fully saturated rings. The van der Waals surface area contributed by atoms with E-state index in [1.54, 1.807) is 4.74 Å². The minimum absolute atomic E-state index is 0. The molecule has 0 bridgehead atoms. The van der Waals surface area contributed by atoms with E-state index in [9.17, 15) is 35.5 Å². The highest BCUT2D eigenvalue weighted by Gasteiger charge is 2.68. The van der Waals surface area contributed by atoms with Crippen LogP contribution in [0.5, 0.6) is 0 Å². The lowest BCUT2D eigenvalue weighted by Gasteiger charge is -2.23. The fourth-order valence-corrected chi connectivity index (χ4v) is 0.334. The molecule has 0 atom stereocenters. The standard InChI is InChI=1S/C4HF7O3.H3N/c5-2(6,1(12)13)3(7,8)14-4(9,10)11;/h(H,12,13);1H3. The van der Waals surface area contributed by atoms with Crippen LogP contribution >= 0.6 is 0 Å². The van der Waals surface area contributed by atoms with Crippen LogP contribution in [0.1, 0.15) is 0 Å². The van der Waals surface area contributed by atoms with Crippen molar-refractivity contribution in [2.45, 2.75) is 18.4 Å². The molecule has 92 valence electrons. The number of hydrogen-bond donors (Lipinski definition) is 2. The van der Waals surface area contributed by atoms with E-state index in [1.165, 1.54) is 0 Å². The molecule has 0 aliphatic heterocycles. The first-order chi connectivity index (χ1) is 5.90. The Bertz CT molecular complexity index is 237. The SMILES string of the molecule is N.O=C(O)C(F)(F)C(F)(F)OC(F)(F)F. The van der Waals surface area contributed by atoms with Crippen molar-refractivity contribution in [3.63, 3.8) is 0 Å². The van der Waals surface area contributed by atoms with E-state index in [0.29, 0.717) is 0 Å². The number of ether oxygens (including phenoxy) is 1. The van der Waals surface area contributed by atoms with Gasteiger partial charge in [-0.25, -0.2) is 9.53 Å². The van der Waals surface area contributed by atoms with E-state index in [0.717, 1.165) is 0 Å². The molecule has 0 saturated heterocycles. The Balaban J connectivity index is 0. The van der Waals surface area contributed by atoms with E-state index < -0.39 is 24.4 Å². The number of rotatable bonds is 3. The quantitative estimate of drug-likeness (QED) is 0.747. The number of carboxylic acids is 1. The van der Waals surface area contributed by atoms with Crippen molar-refractivity contribution in [2.24, 2.45) is 0 Å². The summed E-state index contributed by atoms with van der Waals surface area (Å²) in [5, 5.41) is 7.50. The first-order valence-electron chi connectivity index (χ1n) is 2.66. The molecule has 4 nitrogen and oxygen atoms in total. The van der Waals surface area contributed by atoms with Crippen LogP contribution in [-0.4, -0.2) is 29.5 Å². The maximum absolute atomic E-state index is 11.9. The summed E-state index contributed by atoms with van der Waals surface area (Å²) in [6, 6.07) is 0. The van der Waals surface area contributed by atoms with Crippen molar-refractivity contribution in [3.8, 4) is 0 Å². The summed E-state index contributed by atoms with van der Waals surface area (Å²) < 4.78 is 82.5. The van der Waals surface area contributed by atoms with Gasteiger partial charge < -0.3 is 11.3 Å². The van der Waals surface area contributed by atoms with Gasteiger partial charge in [0.1, 0.15) is 0 Å². The van der Waals surface area contributed by atoms with E-state index in [-0.39, 0.29) is 6.15 Å². The van der Waals surface area contributed by atoms with Gasteiger partial charge >= 0.3 is 24.4 Å². The fraction of sp³-hybridized carbons (Fsp3) is 0.750. The highest BCUT2D eigenvalue weighted by molar-refractivity contribution is 5.76. The number of carboxylic acid groups (broad SMARTS) is 1. The fourth-order valence-electron chi connectivity index (χ4n) is 0.334. The van der Waals surface area contributed by atoms with Gasteiger partial charge in [0.05, 0.1) is 0 Å². The first-order valence-corrected chi connectivity index (χ1v) is 2.66. The Morgan fingerprint density at radius 1 is 1.00 bits per heavy atom. The molecule has 0 unspecified atom stereocenters. The number of halogens is 7. The van der Waals surface area contributed by atoms with Crippen molar-refractivity contribution < 1.29 is 45.4 Å². The Hall–Kier alpha value is -1.10. The van der Waals surface area contributed by atoms with Crippen LogP contribution in [0, 0.1) is 0 Å². The molecule has 0 rings (SSSR count). The highest BCUT2D eigenvalue weighted by Crippen LogP contribution is 2.39. The topological polar surface area (TPSA) is 81.5 Å². The lowest BCUT2D eigenvalue weighted by Crippen LogP contribution is -2.51. The molecular weight excluding hydrogens is 243 g/mol. The molecule has 0 aromatic rings. The molecule has 11 heteroatoms. The molecular formula is C4H4F7NO3. The first kappa shape index (κ1) is 16.3. The van der Waals surface area contributed by atoms with Crippen LogP contribution < -0.4 is 6.15 Å². The van der Waals surface area contributed by atoms with E-state index in [1.807, 2.05) is 0 Å². The van der Waals surface area contributed by atoms with Gasteiger partial charge in [0.25, 0.3) is 0 Å². The van der Waals surface area contributed by atoms with Gasteiger partial charge in [-0.2, -0.15) is 17.6 Å². The second-order valence-electron chi connectivity index (χ2n) is 1.94. The molecule has 4 N–H and O–H groups in total. The third-order valence-electron chi connectivity index (χ3n) is 0.878. The summed E-state index contributed by atoms with van der Waals surface area (Å²) in [7, 11) is 0. The van der Waals surface area contributed by atoms with Gasteiger partial charge in [-0.05, 0) is 0 Å². The predicted molar refractivity (Wildman–Crippen MR) is 29.7 cm³/mol. The van der Waals surface area contributed by atoms with Crippen LogP contribution in [-0.2, 0) is 9.53 Å². The molecule has 0 aliphatic rings. The summed E-state index contributed by atoms with van der Waals surface area (Å²) in [4.78, 5) is 9.48. The summed E-state index contributed by atoms with van der Waals surface area (Å²) in [5.41, 5.74) is 0. The Morgan fingerprint density at radius 2 is 1.33 bits per heavy atom. The van der Waals surface area contributed by atoms with Crippen molar-refractivity contribution in [1.29, 1.82) is 0 Å². The largest absolute Gasteiger partial charge is 0.527 e. The average Bonchev–Trinajstić information content (AvgIpc) is 1.80. The lowest BCUT2D eigenvalue weighted by atomic mass is 10.3. The molecule has 0 heterocycles. The van der Waals surface area contributed by atoms with Crippen LogP contribution in [0.2, 0.25) is 0 Å². The molecule has 0 saturated carbocycles. The van der Waals surface area contributed by atoms with Gasteiger partial charge in [-0.1, -0.05) is 0 Å². The summed E-state index contributed by atoms with van der Waals surface area (Å²) in [6.45, 7) is 0. The smallest absolute Gasteiger partial charge is 0.477 e. The molecule has 0 aromatic heterocycles. The van der Waals surface area contributed by atoms with Crippen molar-refractivity contribution >= 4 is 5.97 Å². The summed E-state index contributed by atoms with van der Waals surface area (Å²) in [6.07, 6.45) is -12.2. The van der Waals surface area contributed by atoms with Crippen molar-refractivity contribution in [2.75, 3.05) is 0 Å². The van der Waals surface area contributed by atoms with E-state index >= 15 is 0 Å². The van der Waals surface area contributed by atoms with Gasteiger partial charge in [0.2, 0.25) is 0 Å². The molecule has 0 amide bonds. The third kappa shape index (κ3) is 3.87. The second kappa shape index (κ2) is 4.18. The van der Waals surface area contributed by atoms with Crippen LogP contribution in [0.15, 0.2) is 0 Å². The Morgan fingerprint density at radius 3 is 1.53 bits per heavy atom. The monoisotopic (exact) mass is 247 g/mol. The van der Waals surface area contributed by atoms with Gasteiger partial charge in [-0.3, -0.25) is 0 Å². The van der Waals surface area contributed by atoms with Crippen molar-refractivity contribution in [1.82, 2.24) is 6.15 Å². The normalized spacial score (nSPS) is 13.3. The Kier molecular flexibility index (Phi) is 4.55. The molecule has 0 aliphatic carbocycles. The average molecular weight is 247 g/mol. The lowest BCUT2D eigenvalue weighted by molar-refractivity contribution is -0.459. The maximum Gasteiger partial charge on any atom is 0.527 e. The molecule has 0 radical (unpaired) electrons. The number of alkyl halides is 7. The summed E-state index contributed by atoms with van der Waals surface area (Å²) in [5.74, 6) is -9.38. The van der Waals surface area contributed by atoms with Gasteiger partial charge in [0, 0.05) is 0 Å². The van der Waals surface area contributed by atoms with E-state index in [4.69, 9.17) is 5.11 Å².